The van der Waals surface area contributed by atoms with Gasteiger partial charge in [0.2, 0.25) is 0 Å². The van der Waals surface area contributed by atoms with Crippen molar-refractivity contribution in [3.8, 4) is 0 Å². The molecule has 8 heteroatoms. The van der Waals surface area contributed by atoms with Crippen LogP contribution in [0.5, 0.6) is 0 Å². The Bertz CT molecular complexity index is 751. The zero-order valence-corrected chi connectivity index (χ0v) is 13.8. The Morgan fingerprint density at radius 3 is 2.15 bits per heavy atom. The van der Waals surface area contributed by atoms with Gasteiger partial charge in [0.15, 0.2) is 0 Å². The molecule has 26 heavy (non-hydrogen) atoms. The van der Waals surface area contributed by atoms with Gasteiger partial charge in [-0.15, -0.1) is 5.06 Å². The third-order valence-electron chi connectivity index (χ3n) is 3.31. The maximum Gasteiger partial charge on any atom is 0.440 e. The SMILES string of the molecule is NC(CN(OC(=O)c1ccccc1)C(=O)O)C(=O)OCc1ccccc1. The summed E-state index contributed by atoms with van der Waals surface area (Å²) in [5.41, 5.74) is 6.59. The van der Waals surface area contributed by atoms with Crippen molar-refractivity contribution in [2.24, 2.45) is 5.73 Å². The highest BCUT2D eigenvalue weighted by atomic mass is 16.7. The fourth-order valence-electron chi connectivity index (χ4n) is 1.97. The number of hydrogen-bond acceptors (Lipinski definition) is 6. The lowest BCUT2D eigenvalue weighted by Crippen LogP contribution is -2.46. The number of nitrogens with zero attached hydrogens (tertiary/aromatic N) is 1. The summed E-state index contributed by atoms with van der Waals surface area (Å²) in [7, 11) is 0. The lowest BCUT2D eigenvalue weighted by atomic mass is 10.2. The summed E-state index contributed by atoms with van der Waals surface area (Å²) >= 11 is 0. The molecule has 0 aliphatic heterocycles. The van der Waals surface area contributed by atoms with Crippen LogP contribution in [0.25, 0.3) is 0 Å². The van der Waals surface area contributed by atoms with Gasteiger partial charge in [-0.1, -0.05) is 48.5 Å². The van der Waals surface area contributed by atoms with Gasteiger partial charge < -0.3 is 20.4 Å². The summed E-state index contributed by atoms with van der Waals surface area (Å²) < 4.78 is 5.04. The summed E-state index contributed by atoms with van der Waals surface area (Å²) in [6.07, 6.45) is -1.56. The molecule has 0 radical (unpaired) electrons. The Balaban J connectivity index is 1.90. The highest BCUT2D eigenvalue weighted by Gasteiger charge is 2.26. The van der Waals surface area contributed by atoms with E-state index in [9.17, 15) is 14.4 Å². The van der Waals surface area contributed by atoms with Crippen molar-refractivity contribution in [3.63, 3.8) is 0 Å². The minimum atomic E-state index is -1.56. The van der Waals surface area contributed by atoms with E-state index in [0.29, 0.717) is 5.06 Å². The number of esters is 1. The Morgan fingerprint density at radius 1 is 1.00 bits per heavy atom. The van der Waals surface area contributed by atoms with Crippen molar-refractivity contribution in [3.05, 3.63) is 71.8 Å². The molecular formula is C18H18N2O6. The molecule has 0 saturated heterocycles. The van der Waals surface area contributed by atoms with Crippen LogP contribution < -0.4 is 5.73 Å². The first-order valence-corrected chi connectivity index (χ1v) is 7.71. The first-order valence-electron chi connectivity index (χ1n) is 7.71. The van der Waals surface area contributed by atoms with Crippen molar-refractivity contribution in [2.45, 2.75) is 12.6 Å². The van der Waals surface area contributed by atoms with E-state index in [1.165, 1.54) is 12.1 Å². The average molecular weight is 358 g/mol. The van der Waals surface area contributed by atoms with Crippen LogP contribution in [-0.2, 0) is 21.0 Å². The molecule has 2 aromatic carbocycles. The largest absolute Gasteiger partial charge is 0.463 e. The quantitative estimate of drug-likeness (QED) is 0.597. The van der Waals surface area contributed by atoms with Crippen LogP contribution in [0.3, 0.4) is 0 Å². The van der Waals surface area contributed by atoms with Crippen molar-refractivity contribution in [1.29, 1.82) is 0 Å². The highest BCUT2D eigenvalue weighted by Crippen LogP contribution is 2.06. The van der Waals surface area contributed by atoms with E-state index in [2.05, 4.69) is 0 Å². The third-order valence-corrected chi connectivity index (χ3v) is 3.31. The molecule has 1 unspecified atom stereocenters. The first kappa shape index (κ1) is 18.9. The lowest BCUT2D eigenvalue weighted by Gasteiger charge is -2.20. The number of hydroxylamine groups is 2. The smallest absolute Gasteiger partial charge is 0.440 e. The van der Waals surface area contributed by atoms with Gasteiger partial charge in [0, 0.05) is 0 Å². The molecule has 0 aliphatic carbocycles. The zero-order chi connectivity index (χ0) is 18.9. The molecule has 8 nitrogen and oxygen atoms in total. The minimum Gasteiger partial charge on any atom is -0.463 e. The maximum atomic E-state index is 11.9. The third kappa shape index (κ3) is 5.60. The number of rotatable bonds is 6. The molecule has 0 saturated carbocycles. The normalized spacial score (nSPS) is 11.3. The molecular weight excluding hydrogens is 340 g/mol. The second-order valence-electron chi connectivity index (χ2n) is 5.29. The van der Waals surface area contributed by atoms with Gasteiger partial charge in [-0.25, -0.2) is 9.59 Å². The summed E-state index contributed by atoms with van der Waals surface area (Å²) in [5, 5.41) is 9.46. The second-order valence-corrected chi connectivity index (χ2v) is 5.29. The van der Waals surface area contributed by atoms with Crippen LogP contribution in [0.2, 0.25) is 0 Å². The van der Waals surface area contributed by atoms with Crippen LogP contribution in [0.1, 0.15) is 15.9 Å². The number of hydrogen-bond donors (Lipinski definition) is 2. The Hall–Kier alpha value is -3.39. The van der Waals surface area contributed by atoms with E-state index in [0.717, 1.165) is 5.56 Å². The monoisotopic (exact) mass is 358 g/mol. The summed E-state index contributed by atoms with van der Waals surface area (Å²) in [5.74, 6) is -1.69. The number of carbonyl (C=O) groups excluding carboxylic acids is 2. The topological polar surface area (TPSA) is 119 Å². The van der Waals surface area contributed by atoms with Crippen LogP contribution in [-0.4, -0.2) is 40.8 Å². The number of benzene rings is 2. The molecule has 2 aromatic rings. The summed E-state index contributed by atoms with van der Waals surface area (Å²) in [6, 6.07) is 15.5. The summed E-state index contributed by atoms with van der Waals surface area (Å²) in [6.45, 7) is -0.550. The van der Waals surface area contributed by atoms with Gasteiger partial charge >= 0.3 is 18.0 Å². The molecule has 0 spiro atoms. The first-order chi connectivity index (χ1) is 12.5. The lowest BCUT2D eigenvalue weighted by molar-refractivity contribution is -0.150. The fraction of sp³-hybridized carbons (Fsp3) is 0.167. The standard InChI is InChI=1S/C18H18N2O6/c19-15(17(22)25-12-13-7-3-1-4-8-13)11-20(18(23)24)26-16(21)14-9-5-2-6-10-14/h1-10,15H,11-12,19H2,(H,23,24). The Kier molecular flexibility index (Phi) is 6.69. The van der Waals surface area contributed by atoms with Gasteiger partial charge in [0.05, 0.1) is 12.1 Å². The number of ether oxygens (including phenoxy) is 1. The van der Waals surface area contributed by atoms with E-state index < -0.39 is 30.6 Å². The minimum absolute atomic E-state index is 0.00421. The van der Waals surface area contributed by atoms with E-state index >= 15 is 0 Å². The molecule has 0 bridgehead atoms. The number of amides is 1. The summed E-state index contributed by atoms with van der Waals surface area (Å²) in [4.78, 5) is 39.9. The number of carboxylic acid groups (broad SMARTS) is 1. The van der Waals surface area contributed by atoms with E-state index in [1.807, 2.05) is 6.07 Å². The van der Waals surface area contributed by atoms with Crippen LogP contribution in [0.15, 0.2) is 60.7 Å². The second kappa shape index (κ2) is 9.19. The van der Waals surface area contributed by atoms with Crippen molar-refractivity contribution in [2.75, 3.05) is 6.54 Å². The van der Waals surface area contributed by atoms with Crippen molar-refractivity contribution >= 4 is 18.0 Å². The maximum absolute atomic E-state index is 11.9. The molecule has 3 N–H and O–H groups in total. The van der Waals surface area contributed by atoms with Crippen molar-refractivity contribution < 1.29 is 29.1 Å². The molecule has 2 rings (SSSR count). The number of nitrogens with two attached hydrogens (primary N) is 1. The van der Waals surface area contributed by atoms with Gasteiger partial charge in [0.25, 0.3) is 0 Å². The predicted octanol–water partition coefficient (Wildman–Crippen LogP) is 1.81. The zero-order valence-electron chi connectivity index (χ0n) is 13.8. The highest BCUT2D eigenvalue weighted by molar-refractivity contribution is 5.89. The van der Waals surface area contributed by atoms with Gasteiger partial charge in [-0.2, -0.15) is 0 Å². The molecule has 136 valence electrons. The van der Waals surface area contributed by atoms with Gasteiger partial charge in [-0.05, 0) is 17.7 Å². The van der Waals surface area contributed by atoms with Gasteiger partial charge in [-0.3, -0.25) is 4.79 Å². The van der Waals surface area contributed by atoms with Gasteiger partial charge in [0.1, 0.15) is 12.6 Å². The fourth-order valence-corrected chi connectivity index (χ4v) is 1.97. The van der Waals surface area contributed by atoms with Crippen LogP contribution in [0, 0.1) is 0 Å². The van der Waals surface area contributed by atoms with E-state index in [1.54, 1.807) is 42.5 Å². The molecule has 1 amide bonds. The molecule has 0 heterocycles. The Morgan fingerprint density at radius 2 is 1.58 bits per heavy atom. The predicted molar refractivity (Wildman–Crippen MR) is 90.8 cm³/mol. The van der Waals surface area contributed by atoms with E-state index in [-0.39, 0.29) is 12.2 Å². The number of carbonyl (C=O) groups is 3. The van der Waals surface area contributed by atoms with E-state index in [4.69, 9.17) is 20.4 Å². The molecule has 1 atom stereocenters. The molecule has 0 aliphatic rings. The average Bonchev–Trinajstić information content (AvgIpc) is 2.66. The van der Waals surface area contributed by atoms with Crippen LogP contribution in [0.4, 0.5) is 4.79 Å². The molecule has 0 fully saturated rings. The molecule has 0 aromatic heterocycles. The van der Waals surface area contributed by atoms with Crippen molar-refractivity contribution in [1.82, 2.24) is 5.06 Å². The Labute approximate surface area is 149 Å². The van der Waals surface area contributed by atoms with Crippen LogP contribution >= 0.6 is 0 Å².